The van der Waals surface area contributed by atoms with Gasteiger partial charge in [-0.1, -0.05) is 24.3 Å². The molecule has 0 saturated carbocycles. The zero-order chi connectivity index (χ0) is 19.3. The number of carbonyl (C=O) groups excluding carboxylic acids is 1. The van der Waals surface area contributed by atoms with Gasteiger partial charge in [0.1, 0.15) is 12.1 Å². The van der Waals surface area contributed by atoms with E-state index in [1.54, 1.807) is 42.8 Å². The SMILES string of the molecule is CN(C(=O)c1ccncc1)c1ccc(CNc2ncnc3ccccc23)cc1. The van der Waals surface area contributed by atoms with Crippen molar-refractivity contribution in [1.29, 1.82) is 0 Å². The maximum absolute atomic E-state index is 12.5. The predicted molar refractivity (Wildman–Crippen MR) is 110 cm³/mol. The number of para-hydroxylation sites is 1. The van der Waals surface area contributed by atoms with E-state index >= 15 is 0 Å². The van der Waals surface area contributed by atoms with E-state index in [4.69, 9.17) is 0 Å². The third kappa shape index (κ3) is 3.66. The largest absolute Gasteiger partial charge is 0.365 e. The highest BCUT2D eigenvalue weighted by Crippen LogP contribution is 2.20. The summed E-state index contributed by atoms with van der Waals surface area (Å²) in [4.78, 5) is 26.7. The summed E-state index contributed by atoms with van der Waals surface area (Å²) >= 11 is 0. The highest BCUT2D eigenvalue weighted by Gasteiger charge is 2.13. The van der Waals surface area contributed by atoms with E-state index < -0.39 is 0 Å². The third-order valence-corrected chi connectivity index (χ3v) is 4.56. The fourth-order valence-electron chi connectivity index (χ4n) is 2.97. The van der Waals surface area contributed by atoms with Crippen molar-refractivity contribution in [1.82, 2.24) is 15.0 Å². The summed E-state index contributed by atoms with van der Waals surface area (Å²) in [6, 6.07) is 19.2. The average Bonchev–Trinajstić information content (AvgIpc) is 2.77. The molecule has 0 unspecified atom stereocenters. The van der Waals surface area contributed by atoms with Crippen LogP contribution in [0.3, 0.4) is 0 Å². The van der Waals surface area contributed by atoms with Crippen LogP contribution in [-0.4, -0.2) is 27.9 Å². The molecule has 28 heavy (non-hydrogen) atoms. The number of hydrogen-bond donors (Lipinski definition) is 1. The Labute approximate surface area is 162 Å². The Morgan fingerprint density at radius 1 is 0.964 bits per heavy atom. The van der Waals surface area contributed by atoms with Crippen molar-refractivity contribution in [3.05, 3.63) is 90.5 Å². The molecule has 0 spiro atoms. The standard InChI is InChI=1S/C22H19N5O/c1-27(22(28)17-10-12-23-13-11-17)18-8-6-16(7-9-18)14-24-21-19-4-2-3-5-20(19)25-15-26-21/h2-13,15H,14H2,1H3,(H,24,25,26). The average molecular weight is 369 g/mol. The zero-order valence-electron chi connectivity index (χ0n) is 15.4. The number of hydrogen-bond acceptors (Lipinski definition) is 5. The lowest BCUT2D eigenvalue weighted by atomic mass is 10.1. The molecule has 0 radical (unpaired) electrons. The molecule has 1 N–H and O–H groups in total. The van der Waals surface area contributed by atoms with Crippen LogP contribution in [0.25, 0.3) is 10.9 Å². The Morgan fingerprint density at radius 2 is 1.71 bits per heavy atom. The summed E-state index contributed by atoms with van der Waals surface area (Å²) in [6.45, 7) is 0.628. The number of fused-ring (bicyclic) bond motifs is 1. The Bertz CT molecular complexity index is 1090. The van der Waals surface area contributed by atoms with Crippen molar-refractivity contribution >= 4 is 28.3 Å². The first-order chi connectivity index (χ1) is 13.7. The molecule has 6 heteroatoms. The van der Waals surface area contributed by atoms with Gasteiger partial charge in [-0.2, -0.15) is 0 Å². The van der Waals surface area contributed by atoms with E-state index in [0.717, 1.165) is 28.0 Å². The maximum atomic E-state index is 12.5. The summed E-state index contributed by atoms with van der Waals surface area (Å²) in [5.74, 6) is 0.736. The Kier molecular flexibility index (Phi) is 4.93. The van der Waals surface area contributed by atoms with Crippen LogP contribution in [0.1, 0.15) is 15.9 Å². The van der Waals surface area contributed by atoms with Crippen molar-refractivity contribution in [2.24, 2.45) is 0 Å². The Morgan fingerprint density at radius 3 is 2.50 bits per heavy atom. The Balaban J connectivity index is 1.45. The number of aromatic nitrogens is 3. The number of amides is 1. The molecule has 0 saturated heterocycles. The van der Waals surface area contributed by atoms with Crippen LogP contribution in [0.4, 0.5) is 11.5 Å². The lowest BCUT2D eigenvalue weighted by Crippen LogP contribution is -2.26. The monoisotopic (exact) mass is 369 g/mol. The number of carbonyl (C=O) groups is 1. The topological polar surface area (TPSA) is 71.0 Å². The molecule has 0 fully saturated rings. The molecule has 6 nitrogen and oxygen atoms in total. The second kappa shape index (κ2) is 7.84. The third-order valence-electron chi connectivity index (χ3n) is 4.56. The number of nitrogens with zero attached hydrogens (tertiary/aromatic N) is 4. The normalized spacial score (nSPS) is 10.6. The lowest BCUT2D eigenvalue weighted by Gasteiger charge is -2.18. The van der Waals surface area contributed by atoms with Crippen molar-refractivity contribution in [3.8, 4) is 0 Å². The molecule has 0 aliphatic rings. The highest BCUT2D eigenvalue weighted by molar-refractivity contribution is 6.05. The lowest BCUT2D eigenvalue weighted by molar-refractivity contribution is 0.0993. The van der Waals surface area contributed by atoms with Crippen LogP contribution in [0.15, 0.2) is 79.4 Å². The molecule has 2 aromatic heterocycles. The predicted octanol–water partition coefficient (Wildman–Crippen LogP) is 3.91. The van der Waals surface area contributed by atoms with E-state index in [-0.39, 0.29) is 5.91 Å². The van der Waals surface area contributed by atoms with E-state index in [0.29, 0.717) is 12.1 Å². The molecule has 2 aromatic carbocycles. The molecule has 2 heterocycles. The van der Waals surface area contributed by atoms with Gasteiger partial charge in [0.15, 0.2) is 0 Å². The van der Waals surface area contributed by atoms with Gasteiger partial charge in [-0.15, -0.1) is 0 Å². The smallest absolute Gasteiger partial charge is 0.258 e. The van der Waals surface area contributed by atoms with Crippen LogP contribution in [0.2, 0.25) is 0 Å². The van der Waals surface area contributed by atoms with Crippen molar-refractivity contribution < 1.29 is 4.79 Å². The van der Waals surface area contributed by atoms with E-state index in [2.05, 4.69) is 20.3 Å². The number of rotatable bonds is 5. The van der Waals surface area contributed by atoms with Gasteiger partial charge in [0.05, 0.1) is 5.52 Å². The van der Waals surface area contributed by atoms with Gasteiger partial charge in [0.2, 0.25) is 0 Å². The van der Waals surface area contributed by atoms with E-state index in [1.807, 2.05) is 48.5 Å². The van der Waals surface area contributed by atoms with Gasteiger partial charge in [0.25, 0.3) is 5.91 Å². The minimum absolute atomic E-state index is 0.0688. The second-order valence-electron chi connectivity index (χ2n) is 6.36. The molecule has 0 atom stereocenters. The molecule has 0 aliphatic carbocycles. The first-order valence-corrected chi connectivity index (χ1v) is 8.93. The fraction of sp³-hybridized carbons (Fsp3) is 0.0909. The Hall–Kier alpha value is -3.80. The molecule has 0 aliphatic heterocycles. The molecule has 4 aromatic rings. The highest BCUT2D eigenvalue weighted by atomic mass is 16.2. The summed E-state index contributed by atoms with van der Waals surface area (Å²) in [5.41, 5.74) is 3.44. The van der Waals surface area contributed by atoms with Gasteiger partial charge < -0.3 is 10.2 Å². The molecular weight excluding hydrogens is 350 g/mol. The van der Waals surface area contributed by atoms with Gasteiger partial charge in [0, 0.05) is 42.6 Å². The van der Waals surface area contributed by atoms with Gasteiger partial charge in [-0.05, 0) is 42.0 Å². The number of pyridine rings is 1. The van der Waals surface area contributed by atoms with Crippen LogP contribution in [0, 0.1) is 0 Å². The summed E-state index contributed by atoms with van der Waals surface area (Å²) in [6.07, 6.45) is 4.80. The summed E-state index contributed by atoms with van der Waals surface area (Å²) in [5, 5.41) is 4.35. The van der Waals surface area contributed by atoms with E-state index in [1.165, 1.54) is 0 Å². The number of benzene rings is 2. The van der Waals surface area contributed by atoms with Crippen molar-refractivity contribution in [2.75, 3.05) is 17.3 Å². The minimum atomic E-state index is -0.0688. The molecule has 1 amide bonds. The van der Waals surface area contributed by atoms with Gasteiger partial charge >= 0.3 is 0 Å². The van der Waals surface area contributed by atoms with Gasteiger partial charge in [-0.25, -0.2) is 9.97 Å². The quantitative estimate of drug-likeness (QED) is 0.577. The maximum Gasteiger partial charge on any atom is 0.258 e. The van der Waals surface area contributed by atoms with Crippen LogP contribution in [0.5, 0.6) is 0 Å². The fourth-order valence-corrected chi connectivity index (χ4v) is 2.97. The van der Waals surface area contributed by atoms with Crippen LogP contribution >= 0.6 is 0 Å². The summed E-state index contributed by atoms with van der Waals surface area (Å²) in [7, 11) is 1.77. The zero-order valence-corrected chi connectivity index (χ0v) is 15.4. The van der Waals surface area contributed by atoms with Crippen molar-refractivity contribution in [3.63, 3.8) is 0 Å². The first-order valence-electron chi connectivity index (χ1n) is 8.93. The van der Waals surface area contributed by atoms with Crippen molar-refractivity contribution in [2.45, 2.75) is 6.54 Å². The molecular formula is C22H19N5O. The molecule has 4 rings (SSSR count). The minimum Gasteiger partial charge on any atom is -0.365 e. The van der Waals surface area contributed by atoms with E-state index in [9.17, 15) is 4.79 Å². The number of nitrogens with one attached hydrogen (secondary N) is 1. The first kappa shape index (κ1) is 17.6. The second-order valence-corrected chi connectivity index (χ2v) is 6.36. The summed E-state index contributed by atoms with van der Waals surface area (Å²) < 4.78 is 0. The number of anilines is 2. The van der Waals surface area contributed by atoms with Gasteiger partial charge in [-0.3, -0.25) is 9.78 Å². The van der Waals surface area contributed by atoms with Crippen LogP contribution in [-0.2, 0) is 6.54 Å². The molecule has 0 bridgehead atoms. The van der Waals surface area contributed by atoms with Crippen LogP contribution < -0.4 is 10.2 Å². The molecule has 138 valence electrons.